The summed E-state index contributed by atoms with van der Waals surface area (Å²) in [6, 6.07) is 7.49. The molecule has 1 aromatic carbocycles. The van der Waals surface area contributed by atoms with Crippen LogP contribution in [0.4, 0.5) is 4.39 Å². The van der Waals surface area contributed by atoms with Crippen molar-refractivity contribution in [3.05, 3.63) is 63.4 Å². The summed E-state index contributed by atoms with van der Waals surface area (Å²) < 4.78 is 42.2. The third-order valence-electron chi connectivity index (χ3n) is 5.27. The van der Waals surface area contributed by atoms with Gasteiger partial charge in [0.2, 0.25) is 10.0 Å². The molecule has 0 bridgehead atoms. The number of thiophene rings is 1. The van der Waals surface area contributed by atoms with E-state index in [2.05, 4.69) is 10.2 Å². The summed E-state index contributed by atoms with van der Waals surface area (Å²) in [5, 5.41) is 9.39. The van der Waals surface area contributed by atoms with Crippen LogP contribution in [0.2, 0.25) is 0 Å². The molecule has 0 radical (unpaired) electrons. The first kappa shape index (κ1) is 20.0. The van der Waals surface area contributed by atoms with Crippen LogP contribution in [0, 0.1) is 18.7 Å². The second-order valence-electron chi connectivity index (χ2n) is 7.19. The van der Waals surface area contributed by atoms with Gasteiger partial charge in [-0.1, -0.05) is 0 Å². The highest BCUT2D eigenvalue weighted by Crippen LogP contribution is 2.28. The first-order valence-electron chi connectivity index (χ1n) is 9.33. The first-order valence-corrected chi connectivity index (χ1v) is 11.6. The SMILES string of the molecule is Cc1cc(F)ccc1S(=O)(=O)N1CCC(Cc2n[nH]c(=O)n2-c2cccs2)CC1. The van der Waals surface area contributed by atoms with Crippen molar-refractivity contribution in [1.29, 1.82) is 0 Å². The third-order valence-corrected chi connectivity index (χ3v) is 8.18. The van der Waals surface area contributed by atoms with Crippen LogP contribution in [-0.2, 0) is 16.4 Å². The van der Waals surface area contributed by atoms with Gasteiger partial charge in [0, 0.05) is 19.5 Å². The molecule has 3 heterocycles. The Morgan fingerprint density at radius 3 is 2.69 bits per heavy atom. The highest BCUT2D eigenvalue weighted by Gasteiger charge is 2.31. The van der Waals surface area contributed by atoms with Gasteiger partial charge in [-0.25, -0.2) is 27.3 Å². The van der Waals surface area contributed by atoms with E-state index in [9.17, 15) is 17.6 Å². The second-order valence-corrected chi connectivity index (χ2v) is 10.0. The molecule has 154 valence electrons. The molecule has 7 nitrogen and oxygen atoms in total. The monoisotopic (exact) mass is 436 g/mol. The number of halogens is 1. The normalized spacial score (nSPS) is 16.3. The number of nitrogens with zero attached hydrogens (tertiary/aromatic N) is 3. The van der Waals surface area contributed by atoms with Crippen molar-refractivity contribution >= 4 is 21.4 Å². The Bertz CT molecular complexity index is 1160. The minimum Gasteiger partial charge on any atom is -0.246 e. The van der Waals surface area contributed by atoms with E-state index >= 15 is 0 Å². The Morgan fingerprint density at radius 1 is 1.28 bits per heavy atom. The number of hydrogen-bond donors (Lipinski definition) is 1. The minimum absolute atomic E-state index is 0.149. The van der Waals surface area contributed by atoms with Gasteiger partial charge < -0.3 is 0 Å². The van der Waals surface area contributed by atoms with E-state index in [-0.39, 0.29) is 16.5 Å². The van der Waals surface area contributed by atoms with Crippen molar-refractivity contribution in [2.75, 3.05) is 13.1 Å². The van der Waals surface area contributed by atoms with E-state index in [1.807, 2.05) is 17.5 Å². The molecule has 0 spiro atoms. The van der Waals surface area contributed by atoms with Crippen LogP contribution >= 0.6 is 11.3 Å². The van der Waals surface area contributed by atoms with Crippen LogP contribution in [0.1, 0.15) is 24.2 Å². The number of benzene rings is 1. The maximum absolute atomic E-state index is 13.3. The zero-order chi connectivity index (χ0) is 20.6. The molecule has 10 heteroatoms. The van der Waals surface area contributed by atoms with Gasteiger partial charge in [-0.2, -0.15) is 9.40 Å². The van der Waals surface area contributed by atoms with Gasteiger partial charge in [0.1, 0.15) is 16.6 Å². The van der Waals surface area contributed by atoms with Gasteiger partial charge in [0.05, 0.1) is 4.90 Å². The molecule has 0 saturated carbocycles. The van der Waals surface area contributed by atoms with Crippen molar-refractivity contribution in [2.24, 2.45) is 5.92 Å². The molecular formula is C19H21FN4O3S2. The molecule has 1 fully saturated rings. The largest absolute Gasteiger partial charge is 0.348 e. The number of rotatable bonds is 5. The van der Waals surface area contributed by atoms with Crippen LogP contribution in [0.3, 0.4) is 0 Å². The lowest BCUT2D eigenvalue weighted by Crippen LogP contribution is -2.39. The average Bonchev–Trinajstić information content (AvgIpc) is 3.31. The first-order chi connectivity index (χ1) is 13.9. The van der Waals surface area contributed by atoms with E-state index < -0.39 is 15.8 Å². The molecule has 1 aliphatic rings. The smallest absolute Gasteiger partial charge is 0.246 e. The topological polar surface area (TPSA) is 88.1 Å². The van der Waals surface area contributed by atoms with Crippen molar-refractivity contribution in [2.45, 2.75) is 31.1 Å². The molecular weight excluding hydrogens is 415 g/mol. The molecule has 1 N–H and O–H groups in total. The zero-order valence-corrected chi connectivity index (χ0v) is 17.5. The lowest BCUT2D eigenvalue weighted by Gasteiger charge is -2.31. The molecule has 2 aromatic heterocycles. The number of nitrogens with one attached hydrogen (secondary N) is 1. The number of hydrogen-bond acceptors (Lipinski definition) is 5. The fourth-order valence-electron chi connectivity index (χ4n) is 3.74. The highest BCUT2D eigenvalue weighted by molar-refractivity contribution is 7.89. The third kappa shape index (κ3) is 3.92. The van der Waals surface area contributed by atoms with Crippen molar-refractivity contribution in [1.82, 2.24) is 19.1 Å². The number of sulfonamides is 1. The summed E-state index contributed by atoms with van der Waals surface area (Å²) in [6.45, 7) is 2.37. The number of aromatic nitrogens is 3. The van der Waals surface area contributed by atoms with Gasteiger partial charge >= 0.3 is 5.69 Å². The molecule has 0 amide bonds. The zero-order valence-electron chi connectivity index (χ0n) is 15.8. The van der Waals surface area contributed by atoms with Crippen LogP contribution in [0.5, 0.6) is 0 Å². The van der Waals surface area contributed by atoms with Crippen LogP contribution in [-0.4, -0.2) is 40.6 Å². The molecule has 1 saturated heterocycles. The average molecular weight is 437 g/mol. The van der Waals surface area contributed by atoms with Crippen molar-refractivity contribution in [3.8, 4) is 5.00 Å². The lowest BCUT2D eigenvalue weighted by molar-refractivity contribution is 0.269. The lowest BCUT2D eigenvalue weighted by atomic mass is 9.94. The predicted octanol–water partition coefficient (Wildman–Crippen LogP) is 2.71. The molecule has 0 atom stereocenters. The number of aryl methyl sites for hydroxylation is 1. The van der Waals surface area contributed by atoms with Gasteiger partial charge in [0.25, 0.3) is 0 Å². The molecule has 4 rings (SSSR count). The van der Waals surface area contributed by atoms with E-state index in [1.54, 1.807) is 11.5 Å². The van der Waals surface area contributed by atoms with Crippen molar-refractivity contribution in [3.63, 3.8) is 0 Å². The van der Waals surface area contributed by atoms with Crippen molar-refractivity contribution < 1.29 is 12.8 Å². The Balaban J connectivity index is 1.46. The van der Waals surface area contributed by atoms with Gasteiger partial charge in [-0.05, 0) is 67.0 Å². The fraction of sp³-hybridized carbons (Fsp3) is 0.368. The van der Waals surface area contributed by atoms with Crippen LogP contribution in [0.25, 0.3) is 5.00 Å². The number of piperidine rings is 1. The Kier molecular flexibility index (Phi) is 5.41. The number of aromatic amines is 1. The quantitative estimate of drug-likeness (QED) is 0.666. The summed E-state index contributed by atoms with van der Waals surface area (Å²) in [6.07, 6.45) is 1.94. The van der Waals surface area contributed by atoms with E-state index in [0.29, 0.717) is 43.7 Å². The van der Waals surface area contributed by atoms with E-state index in [4.69, 9.17) is 0 Å². The molecule has 1 aliphatic heterocycles. The second kappa shape index (κ2) is 7.85. The highest BCUT2D eigenvalue weighted by atomic mass is 32.2. The molecule has 29 heavy (non-hydrogen) atoms. The van der Waals surface area contributed by atoms with E-state index in [1.165, 1.54) is 33.8 Å². The Hall–Kier alpha value is -2.30. The summed E-state index contributed by atoms with van der Waals surface area (Å²) >= 11 is 1.46. The summed E-state index contributed by atoms with van der Waals surface area (Å²) in [5.74, 6) is 0.439. The van der Waals surface area contributed by atoms with Gasteiger partial charge in [-0.3, -0.25) is 0 Å². The standard InChI is InChI=1S/C19H21FN4O3S2/c1-13-11-15(20)4-5-16(13)29(26,27)23-8-6-14(7-9-23)12-17-21-22-19(25)24(17)18-3-2-10-28-18/h2-5,10-11,14H,6-9,12H2,1H3,(H,22,25). The minimum atomic E-state index is -3.65. The fourth-order valence-corrected chi connectivity index (χ4v) is 6.17. The summed E-state index contributed by atoms with van der Waals surface area (Å²) in [5.41, 5.74) is 0.137. The Morgan fingerprint density at radius 2 is 2.03 bits per heavy atom. The van der Waals surface area contributed by atoms with Gasteiger partial charge in [-0.15, -0.1) is 11.3 Å². The summed E-state index contributed by atoms with van der Waals surface area (Å²) in [4.78, 5) is 12.3. The maximum atomic E-state index is 13.3. The van der Waals surface area contributed by atoms with E-state index in [0.717, 1.165) is 5.00 Å². The number of H-pyrrole nitrogens is 1. The summed E-state index contributed by atoms with van der Waals surface area (Å²) in [7, 11) is -3.65. The van der Waals surface area contributed by atoms with Crippen LogP contribution < -0.4 is 5.69 Å². The molecule has 0 unspecified atom stereocenters. The maximum Gasteiger partial charge on any atom is 0.348 e. The molecule has 0 aliphatic carbocycles. The predicted molar refractivity (Wildman–Crippen MR) is 108 cm³/mol. The molecule has 3 aromatic rings. The van der Waals surface area contributed by atoms with Crippen LogP contribution in [0.15, 0.2) is 45.4 Å². The Labute approximate surface area is 171 Å². The van der Waals surface area contributed by atoms with Gasteiger partial charge in [0.15, 0.2) is 0 Å².